The number of halogens is 1. The van der Waals surface area contributed by atoms with Crippen molar-refractivity contribution in [3.63, 3.8) is 0 Å². The minimum Gasteiger partial charge on any atom is -0.326 e. The third-order valence-electron chi connectivity index (χ3n) is 4.23. The van der Waals surface area contributed by atoms with Crippen LogP contribution < -0.4 is 5.32 Å². The van der Waals surface area contributed by atoms with Gasteiger partial charge in [-0.3, -0.25) is 4.79 Å². The first-order valence-electron chi connectivity index (χ1n) is 8.68. The fraction of sp³-hybridized carbons (Fsp3) is 0.333. The lowest BCUT2D eigenvalue weighted by atomic mass is 9.87. The summed E-state index contributed by atoms with van der Waals surface area (Å²) < 4.78 is 12.7. The summed E-state index contributed by atoms with van der Waals surface area (Å²) in [5.74, 6) is 0.294. The van der Waals surface area contributed by atoms with E-state index in [0.29, 0.717) is 23.6 Å². The number of rotatable bonds is 3. The summed E-state index contributed by atoms with van der Waals surface area (Å²) in [6.07, 6.45) is 6.71. The van der Waals surface area contributed by atoms with E-state index in [2.05, 4.69) is 5.32 Å². The Bertz CT molecular complexity index is 686. The van der Waals surface area contributed by atoms with Crippen molar-refractivity contribution < 1.29 is 9.18 Å². The van der Waals surface area contributed by atoms with Gasteiger partial charge in [-0.25, -0.2) is 4.39 Å². The van der Waals surface area contributed by atoms with Crippen LogP contribution in [0.3, 0.4) is 0 Å². The third kappa shape index (κ3) is 7.17. The standard InChI is InChI=1S/C14H18FNO.C7H5N/c15-12-6-8-13(9-7-12)16-14(17)10-11-4-2-1-3-5-11;8-6-7-4-2-1-3-5-7/h6-9,11H,1-5,10H2,(H,16,17);1-5H. The van der Waals surface area contributed by atoms with Gasteiger partial charge >= 0.3 is 0 Å². The molecule has 25 heavy (non-hydrogen) atoms. The summed E-state index contributed by atoms with van der Waals surface area (Å²) in [6.45, 7) is 0. The molecule has 1 amide bonds. The molecule has 1 N–H and O–H groups in total. The number of nitrogens with one attached hydrogen (secondary N) is 1. The van der Waals surface area contributed by atoms with Crippen molar-refractivity contribution in [1.29, 1.82) is 5.26 Å². The molecule has 1 saturated carbocycles. The number of hydrogen-bond donors (Lipinski definition) is 1. The molecule has 2 aromatic carbocycles. The normalized spacial score (nSPS) is 13.9. The molecule has 0 atom stereocenters. The summed E-state index contributed by atoms with van der Waals surface area (Å²) >= 11 is 0. The van der Waals surface area contributed by atoms with Crippen molar-refractivity contribution in [2.75, 3.05) is 5.32 Å². The molecule has 0 spiro atoms. The largest absolute Gasteiger partial charge is 0.326 e. The molecule has 3 rings (SSSR count). The topological polar surface area (TPSA) is 52.9 Å². The van der Waals surface area contributed by atoms with E-state index in [1.165, 1.54) is 31.4 Å². The summed E-state index contributed by atoms with van der Waals surface area (Å²) in [4.78, 5) is 11.8. The van der Waals surface area contributed by atoms with E-state index in [0.717, 1.165) is 12.8 Å². The number of nitriles is 1. The van der Waals surface area contributed by atoms with E-state index in [-0.39, 0.29) is 11.7 Å². The van der Waals surface area contributed by atoms with Gasteiger partial charge in [-0.15, -0.1) is 0 Å². The monoisotopic (exact) mass is 338 g/mol. The SMILES string of the molecule is N#Cc1ccccc1.O=C(CC1CCCCC1)Nc1ccc(F)cc1. The Morgan fingerprint density at radius 3 is 2.24 bits per heavy atom. The Hall–Kier alpha value is -2.67. The van der Waals surface area contributed by atoms with Crippen LogP contribution in [0.15, 0.2) is 54.6 Å². The fourth-order valence-corrected chi connectivity index (χ4v) is 2.91. The average molecular weight is 338 g/mol. The zero-order valence-corrected chi connectivity index (χ0v) is 14.2. The molecule has 0 aliphatic heterocycles. The van der Waals surface area contributed by atoms with Crippen LogP contribution in [0.5, 0.6) is 0 Å². The van der Waals surface area contributed by atoms with Crippen LogP contribution in [0.25, 0.3) is 0 Å². The fourth-order valence-electron chi connectivity index (χ4n) is 2.91. The quantitative estimate of drug-likeness (QED) is 0.826. The molecule has 1 fully saturated rings. The van der Waals surface area contributed by atoms with Gasteiger partial charge < -0.3 is 5.32 Å². The molecular weight excluding hydrogens is 315 g/mol. The lowest BCUT2D eigenvalue weighted by Crippen LogP contribution is -2.18. The number of carbonyl (C=O) groups is 1. The molecule has 130 valence electrons. The van der Waals surface area contributed by atoms with Gasteiger partial charge in [0.15, 0.2) is 0 Å². The van der Waals surface area contributed by atoms with Crippen molar-refractivity contribution in [2.24, 2.45) is 5.92 Å². The number of benzene rings is 2. The number of amides is 1. The zero-order chi connectivity index (χ0) is 17.9. The van der Waals surface area contributed by atoms with E-state index in [1.54, 1.807) is 24.3 Å². The molecule has 1 aliphatic carbocycles. The van der Waals surface area contributed by atoms with Gasteiger partial charge in [0.25, 0.3) is 0 Å². The van der Waals surface area contributed by atoms with E-state index >= 15 is 0 Å². The van der Waals surface area contributed by atoms with Gasteiger partial charge in [0, 0.05) is 12.1 Å². The van der Waals surface area contributed by atoms with Crippen LogP contribution in [0.2, 0.25) is 0 Å². The Kier molecular flexibility index (Phi) is 7.65. The Morgan fingerprint density at radius 2 is 1.68 bits per heavy atom. The minimum atomic E-state index is -0.282. The molecule has 0 heterocycles. The van der Waals surface area contributed by atoms with Crippen molar-refractivity contribution in [2.45, 2.75) is 38.5 Å². The van der Waals surface area contributed by atoms with Crippen molar-refractivity contribution in [3.05, 3.63) is 66.0 Å². The second kappa shape index (κ2) is 10.2. The molecule has 0 radical (unpaired) electrons. The van der Waals surface area contributed by atoms with Crippen LogP contribution in [0, 0.1) is 23.1 Å². The molecule has 2 aromatic rings. The highest BCUT2D eigenvalue weighted by molar-refractivity contribution is 5.90. The lowest BCUT2D eigenvalue weighted by Gasteiger charge is -2.20. The third-order valence-corrected chi connectivity index (χ3v) is 4.23. The molecule has 0 unspecified atom stereocenters. The Balaban J connectivity index is 0.000000236. The average Bonchev–Trinajstić information content (AvgIpc) is 2.65. The van der Waals surface area contributed by atoms with Crippen LogP contribution in [0.1, 0.15) is 44.1 Å². The molecular formula is C21H23FN2O. The smallest absolute Gasteiger partial charge is 0.224 e. The Labute approximate surface area is 148 Å². The number of nitrogens with zero attached hydrogens (tertiary/aromatic N) is 1. The summed E-state index contributed by atoms with van der Waals surface area (Å²) in [7, 11) is 0. The van der Waals surface area contributed by atoms with Gasteiger partial charge in [0.1, 0.15) is 5.82 Å². The van der Waals surface area contributed by atoms with Gasteiger partial charge in [-0.2, -0.15) is 5.26 Å². The first kappa shape index (κ1) is 18.7. The van der Waals surface area contributed by atoms with Crippen LogP contribution >= 0.6 is 0 Å². The maximum Gasteiger partial charge on any atom is 0.224 e. The Morgan fingerprint density at radius 1 is 1.04 bits per heavy atom. The molecule has 0 bridgehead atoms. The highest BCUT2D eigenvalue weighted by Crippen LogP contribution is 2.26. The molecule has 3 nitrogen and oxygen atoms in total. The van der Waals surface area contributed by atoms with E-state index in [9.17, 15) is 9.18 Å². The first-order valence-corrected chi connectivity index (χ1v) is 8.68. The summed E-state index contributed by atoms with van der Waals surface area (Å²) in [6, 6.07) is 17.1. The van der Waals surface area contributed by atoms with Crippen LogP contribution in [-0.4, -0.2) is 5.91 Å². The van der Waals surface area contributed by atoms with E-state index < -0.39 is 0 Å². The minimum absolute atomic E-state index is 0.0449. The highest BCUT2D eigenvalue weighted by Gasteiger charge is 2.16. The van der Waals surface area contributed by atoms with Crippen molar-refractivity contribution >= 4 is 11.6 Å². The second-order valence-corrected chi connectivity index (χ2v) is 6.24. The van der Waals surface area contributed by atoms with E-state index in [4.69, 9.17) is 5.26 Å². The lowest BCUT2D eigenvalue weighted by molar-refractivity contribution is -0.117. The highest BCUT2D eigenvalue weighted by atomic mass is 19.1. The second-order valence-electron chi connectivity index (χ2n) is 6.24. The predicted molar refractivity (Wildman–Crippen MR) is 97.4 cm³/mol. The summed E-state index contributed by atoms with van der Waals surface area (Å²) in [5, 5.41) is 11.1. The van der Waals surface area contributed by atoms with Crippen molar-refractivity contribution in [1.82, 2.24) is 0 Å². The predicted octanol–water partition coefficient (Wildman–Crippen LogP) is 5.29. The zero-order valence-electron chi connectivity index (χ0n) is 14.2. The van der Waals surface area contributed by atoms with Gasteiger partial charge in [-0.1, -0.05) is 37.5 Å². The first-order chi connectivity index (χ1) is 12.2. The van der Waals surface area contributed by atoms with Gasteiger partial charge in [0.2, 0.25) is 5.91 Å². The number of hydrogen-bond acceptors (Lipinski definition) is 2. The van der Waals surface area contributed by atoms with Gasteiger partial charge in [-0.05, 0) is 55.2 Å². The summed E-state index contributed by atoms with van der Waals surface area (Å²) in [5.41, 5.74) is 1.39. The molecule has 0 saturated heterocycles. The maximum absolute atomic E-state index is 12.7. The molecule has 1 aliphatic rings. The van der Waals surface area contributed by atoms with Gasteiger partial charge in [0.05, 0.1) is 11.6 Å². The molecule has 0 aromatic heterocycles. The van der Waals surface area contributed by atoms with Crippen LogP contribution in [0.4, 0.5) is 10.1 Å². The van der Waals surface area contributed by atoms with Crippen molar-refractivity contribution in [3.8, 4) is 6.07 Å². The van der Waals surface area contributed by atoms with Crippen LogP contribution in [-0.2, 0) is 4.79 Å². The van der Waals surface area contributed by atoms with E-state index in [1.807, 2.05) is 24.3 Å². The number of anilines is 1. The maximum atomic E-state index is 12.7. The number of carbonyl (C=O) groups excluding carboxylic acids is 1. The molecule has 4 heteroatoms.